The van der Waals surface area contributed by atoms with Crippen LogP contribution in [-0.4, -0.2) is 30.0 Å². The Morgan fingerprint density at radius 1 is 1.17 bits per heavy atom. The summed E-state index contributed by atoms with van der Waals surface area (Å²) in [6, 6.07) is 10.4. The predicted octanol–water partition coefficient (Wildman–Crippen LogP) is 3.14. The number of benzene rings is 1. The standard InChI is InChI=1S/C18H21N3O3/c1-4-12(2)20-17(22)16-11-15(9-10-19-16)21-14-7-5-13(6-8-14)18(23)24-3/h5-12H,4H2,1-3H3,(H,19,21)(H,20,22). The van der Waals surface area contributed by atoms with Gasteiger partial charge in [0, 0.05) is 23.6 Å². The van der Waals surface area contributed by atoms with Gasteiger partial charge < -0.3 is 15.4 Å². The van der Waals surface area contributed by atoms with Gasteiger partial charge >= 0.3 is 5.97 Å². The van der Waals surface area contributed by atoms with Crippen LogP contribution >= 0.6 is 0 Å². The van der Waals surface area contributed by atoms with E-state index in [0.717, 1.165) is 17.8 Å². The maximum absolute atomic E-state index is 12.1. The molecular formula is C18H21N3O3. The van der Waals surface area contributed by atoms with Crippen LogP contribution in [0.3, 0.4) is 0 Å². The third-order valence-electron chi connectivity index (χ3n) is 3.58. The number of amides is 1. The second-order valence-electron chi connectivity index (χ2n) is 5.41. The summed E-state index contributed by atoms with van der Waals surface area (Å²) in [6.45, 7) is 3.96. The minimum Gasteiger partial charge on any atom is -0.465 e. The van der Waals surface area contributed by atoms with Crippen molar-refractivity contribution in [1.29, 1.82) is 0 Å². The predicted molar refractivity (Wildman–Crippen MR) is 92.5 cm³/mol. The number of anilines is 2. The fourth-order valence-corrected chi connectivity index (χ4v) is 2.01. The lowest BCUT2D eigenvalue weighted by Crippen LogP contribution is -2.32. The Balaban J connectivity index is 2.09. The highest BCUT2D eigenvalue weighted by Crippen LogP contribution is 2.18. The lowest BCUT2D eigenvalue weighted by molar-refractivity contribution is 0.0600. The van der Waals surface area contributed by atoms with E-state index in [0.29, 0.717) is 11.3 Å². The van der Waals surface area contributed by atoms with Gasteiger partial charge in [0.1, 0.15) is 5.69 Å². The van der Waals surface area contributed by atoms with Crippen LogP contribution in [0.4, 0.5) is 11.4 Å². The van der Waals surface area contributed by atoms with Crippen LogP contribution in [0.25, 0.3) is 0 Å². The molecule has 2 aromatic rings. The highest BCUT2D eigenvalue weighted by Gasteiger charge is 2.10. The first kappa shape index (κ1) is 17.5. The summed E-state index contributed by atoms with van der Waals surface area (Å²) in [7, 11) is 1.34. The number of hydrogen-bond acceptors (Lipinski definition) is 5. The van der Waals surface area contributed by atoms with Crippen LogP contribution < -0.4 is 10.6 Å². The maximum atomic E-state index is 12.1. The lowest BCUT2D eigenvalue weighted by atomic mass is 10.2. The van der Waals surface area contributed by atoms with Gasteiger partial charge in [0.05, 0.1) is 12.7 Å². The average molecular weight is 327 g/mol. The molecule has 24 heavy (non-hydrogen) atoms. The minimum absolute atomic E-state index is 0.0989. The van der Waals surface area contributed by atoms with Gasteiger partial charge in [-0.2, -0.15) is 0 Å². The Bertz CT molecular complexity index is 714. The molecule has 0 fully saturated rings. The smallest absolute Gasteiger partial charge is 0.337 e. The number of ether oxygens (including phenoxy) is 1. The Hall–Kier alpha value is -2.89. The van der Waals surface area contributed by atoms with Crippen LogP contribution in [0.2, 0.25) is 0 Å². The second kappa shape index (κ2) is 8.10. The summed E-state index contributed by atoms with van der Waals surface area (Å²) >= 11 is 0. The van der Waals surface area contributed by atoms with E-state index < -0.39 is 0 Å². The van der Waals surface area contributed by atoms with E-state index in [1.807, 2.05) is 13.8 Å². The molecule has 0 bridgehead atoms. The number of aromatic nitrogens is 1. The van der Waals surface area contributed by atoms with E-state index >= 15 is 0 Å². The zero-order valence-electron chi connectivity index (χ0n) is 14.0. The highest BCUT2D eigenvalue weighted by molar-refractivity contribution is 5.93. The van der Waals surface area contributed by atoms with Crippen molar-refractivity contribution in [1.82, 2.24) is 10.3 Å². The number of nitrogens with one attached hydrogen (secondary N) is 2. The van der Waals surface area contributed by atoms with Crippen molar-refractivity contribution in [3.63, 3.8) is 0 Å². The summed E-state index contributed by atoms with van der Waals surface area (Å²) in [5, 5.41) is 6.06. The van der Waals surface area contributed by atoms with E-state index in [9.17, 15) is 9.59 Å². The Kier molecular flexibility index (Phi) is 5.89. The van der Waals surface area contributed by atoms with Crippen molar-refractivity contribution >= 4 is 23.3 Å². The van der Waals surface area contributed by atoms with Gasteiger partial charge in [0.25, 0.3) is 5.91 Å². The minimum atomic E-state index is -0.380. The quantitative estimate of drug-likeness (QED) is 0.797. The third-order valence-corrected chi connectivity index (χ3v) is 3.58. The van der Waals surface area contributed by atoms with Crippen molar-refractivity contribution < 1.29 is 14.3 Å². The molecule has 6 heteroatoms. The number of hydrogen-bond donors (Lipinski definition) is 2. The molecule has 0 spiro atoms. The van der Waals surface area contributed by atoms with Gasteiger partial charge in [-0.3, -0.25) is 9.78 Å². The van der Waals surface area contributed by atoms with Gasteiger partial charge in [-0.25, -0.2) is 4.79 Å². The lowest BCUT2D eigenvalue weighted by Gasteiger charge is -2.12. The first-order valence-corrected chi connectivity index (χ1v) is 7.75. The number of esters is 1. The topological polar surface area (TPSA) is 80.3 Å². The molecule has 2 rings (SSSR count). The van der Waals surface area contributed by atoms with Gasteiger partial charge in [-0.1, -0.05) is 6.92 Å². The molecule has 1 unspecified atom stereocenters. The number of methoxy groups -OCH3 is 1. The number of nitrogens with zero attached hydrogens (tertiary/aromatic N) is 1. The Morgan fingerprint density at radius 3 is 2.50 bits per heavy atom. The van der Waals surface area contributed by atoms with E-state index in [1.165, 1.54) is 7.11 Å². The summed E-state index contributed by atoms with van der Waals surface area (Å²) in [5.41, 5.74) is 2.37. The molecule has 1 atom stereocenters. The zero-order chi connectivity index (χ0) is 17.5. The van der Waals surface area contributed by atoms with Crippen LogP contribution in [0.15, 0.2) is 42.6 Å². The maximum Gasteiger partial charge on any atom is 0.337 e. The summed E-state index contributed by atoms with van der Waals surface area (Å²) in [5.74, 6) is -0.580. The normalized spacial score (nSPS) is 11.5. The number of pyridine rings is 1. The van der Waals surface area contributed by atoms with E-state index in [1.54, 1.807) is 42.6 Å². The first-order valence-electron chi connectivity index (χ1n) is 7.75. The highest BCUT2D eigenvalue weighted by atomic mass is 16.5. The zero-order valence-corrected chi connectivity index (χ0v) is 14.0. The van der Waals surface area contributed by atoms with E-state index in [-0.39, 0.29) is 17.9 Å². The summed E-state index contributed by atoms with van der Waals surface area (Å²) < 4.78 is 4.67. The molecule has 0 aliphatic rings. The SMILES string of the molecule is CCC(C)NC(=O)c1cc(Nc2ccc(C(=O)OC)cc2)ccn1. The fourth-order valence-electron chi connectivity index (χ4n) is 2.01. The molecule has 0 saturated carbocycles. The first-order chi connectivity index (χ1) is 11.5. The molecule has 0 radical (unpaired) electrons. The number of rotatable bonds is 6. The van der Waals surface area contributed by atoms with Crippen LogP contribution in [0.1, 0.15) is 41.1 Å². The molecular weight excluding hydrogens is 306 g/mol. The fraction of sp³-hybridized carbons (Fsp3) is 0.278. The Labute approximate surface area is 141 Å². The monoisotopic (exact) mass is 327 g/mol. The number of carbonyl (C=O) groups excluding carboxylic acids is 2. The molecule has 1 heterocycles. The van der Waals surface area contributed by atoms with Crippen LogP contribution in [0, 0.1) is 0 Å². The van der Waals surface area contributed by atoms with Gasteiger partial charge in [-0.05, 0) is 49.7 Å². The molecule has 6 nitrogen and oxygen atoms in total. The summed E-state index contributed by atoms with van der Waals surface area (Å²) in [6.07, 6.45) is 2.44. The molecule has 1 amide bonds. The second-order valence-corrected chi connectivity index (χ2v) is 5.41. The van der Waals surface area contributed by atoms with Gasteiger partial charge in [0.15, 0.2) is 0 Å². The molecule has 1 aromatic carbocycles. The van der Waals surface area contributed by atoms with Crippen molar-refractivity contribution in [2.24, 2.45) is 0 Å². The average Bonchev–Trinajstić information content (AvgIpc) is 2.61. The van der Waals surface area contributed by atoms with Crippen molar-refractivity contribution in [2.45, 2.75) is 26.3 Å². The van der Waals surface area contributed by atoms with Crippen molar-refractivity contribution in [3.8, 4) is 0 Å². The van der Waals surface area contributed by atoms with Crippen molar-refractivity contribution in [3.05, 3.63) is 53.9 Å². The largest absolute Gasteiger partial charge is 0.465 e. The number of carbonyl (C=O) groups is 2. The molecule has 0 aliphatic heterocycles. The molecule has 0 aliphatic carbocycles. The third kappa shape index (κ3) is 4.55. The molecule has 2 N–H and O–H groups in total. The molecule has 1 aromatic heterocycles. The van der Waals surface area contributed by atoms with E-state index in [2.05, 4.69) is 20.4 Å². The van der Waals surface area contributed by atoms with Crippen molar-refractivity contribution in [2.75, 3.05) is 12.4 Å². The van der Waals surface area contributed by atoms with Gasteiger partial charge in [0.2, 0.25) is 0 Å². The Morgan fingerprint density at radius 2 is 1.88 bits per heavy atom. The van der Waals surface area contributed by atoms with Crippen LogP contribution in [-0.2, 0) is 4.74 Å². The van der Waals surface area contributed by atoms with E-state index in [4.69, 9.17) is 0 Å². The van der Waals surface area contributed by atoms with Crippen LogP contribution in [0.5, 0.6) is 0 Å². The molecule has 0 saturated heterocycles. The molecule has 126 valence electrons. The summed E-state index contributed by atoms with van der Waals surface area (Å²) in [4.78, 5) is 27.6. The van der Waals surface area contributed by atoms with Gasteiger partial charge in [-0.15, -0.1) is 0 Å².